The van der Waals surface area contributed by atoms with E-state index in [2.05, 4.69) is 0 Å². The van der Waals surface area contributed by atoms with Gasteiger partial charge in [-0.3, -0.25) is 4.57 Å². The summed E-state index contributed by atoms with van der Waals surface area (Å²) in [6.07, 6.45) is 1.57. The van der Waals surface area contributed by atoms with Gasteiger partial charge in [0.2, 0.25) is 0 Å². The molecule has 0 unspecified atom stereocenters. The molecule has 0 aliphatic rings. The highest BCUT2D eigenvalue weighted by Crippen LogP contribution is 2.45. The van der Waals surface area contributed by atoms with E-state index >= 15 is 0 Å². The third-order valence-electron chi connectivity index (χ3n) is 3.02. The maximum absolute atomic E-state index is 12.3. The fourth-order valence-corrected chi connectivity index (χ4v) is 2.98. The van der Waals surface area contributed by atoms with Crippen LogP contribution in [0, 0.1) is 5.41 Å². The van der Waals surface area contributed by atoms with Crippen molar-refractivity contribution in [3.63, 3.8) is 0 Å². The van der Waals surface area contributed by atoms with Crippen LogP contribution in [0.2, 0.25) is 0 Å². The van der Waals surface area contributed by atoms with Crippen molar-refractivity contribution in [1.29, 1.82) is 0 Å². The molecule has 5 nitrogen and oxygen atoms in total. The average molecular weight is 312 g/mol. The molecule has 1 N–H and O–H groups in total. The van der Waals surface area contributed by atoms with Crippen LogP contribution >= 0.6 is 7.60 Å². The highest BCUT2D eigenvalue weighted by molar-refractivity contribution is 7.62. The molecule has 0 saturated heterocycles. The molecule has 0 aliphatic heterocycles. The standard InChI is InChI=1S/C15H21O5P/c1-15(2,3)13(14(16)17)10-11-7-6-8-12(9-11)21(18,19-4)20-5/h6-10H,1-5H3,(H,16,17). The molecular weight excluding hydrogens is 291 g/mol. The van der Waals surface area contributed by atoms with Gasteiger partial charge in [-0.05, 0) is 29.2 Å². The second-order valence-corrected chi connectivity index (χ2v) is 7.81. The van der Waals surface area contributed by atoms with Crippen LogP contribution in [-0.2, 0) is 18.4 Å². The molecule has 0 atom stereocenters. The topological polar surface area (TPSA) is 72.8 Å². The normalized spacial score (nSPS) is 13.3. The third-order valence-corrected chi connectivity index (χ3v) is 4.89. The molecule has 0 aromatic heterocycles. The van der Waals surface area contributed by atoms with E-state index in [0.29, 0.717) is 10.9 Å². The lowest BCUT2D eigenvalue weighted by Gasteiger charge is -2.19. The number of hydrogen-bond donors (Lipinski definition) is 1. The molecule has 1 aromatic rings. The summed E-state index contributed by atoms with van der Waals surface area (Å²) in [5, 5.41) is 9.71. The summed E-state index contributed by atoms with van der Waals surface area (Å²) in [5.41, 5.74) is 0.395. The van der Waals surface area contributed by atoms with Gasteiger partial charge in [0, 0.05) is 19.8 Å². The number of carboxylic acids is 1. The number of carbonyl (C=O) groups is 1. The van der Waals surface area contributed by atoms with Crippen molar-refractivity contribution in [2.24, 2.45) is 5.41 Å². The SMILES string of the molecule is COP(=O)(OC)c1cccc(C=C(C(=O)O)C(C)(C)C)c1. The highest BCUT2D eigenvalue weighted by atomic mass is 31.2. The van der Waals surface area contributed by atoms with Crippen LogP contribution in [0.5, 0.6) is 0 Å². The molecule has 1 aromatic carbocycles. The van der Waals surface area contributed by atoms with E-state index in [1.165, 1.54) is 14.2 Å². The van der Waals surface area contributed by atoms with Gasteiger partial charge < -0.3 is 14.2 Å². The lowest BCUT2D eigenvalue weighted by Crippen LogP contribution is -2.17. The zero-order chi connectivity index (χ0) is 16.3. The lowest BCUT2D eigenvalue weighted by atomic mass is 9.85. The van der Waals surface area contributed by atoms with Gasteiger partial charge in [-0.15, -0.1) is 0 Å². The van der Waals surface area contributed by atoms with Crippen molar-refractivity contribution in [2.45, 2.75) is 20.8 Å². The fourth-order valence-electron chi connectivity index (χ4n) is 1.84. The number of rotatable bonds is 5. The van der Waals surface area contributed by atoms with Crippen LogP contribution < -0.4 is 5.30 Å². The van der Waals surface area contributed by atoms with Crippen molar-refractivity contribution in [3.05, 3.63) is 35.4 Å². The van der Waals surface area contributed by atoms with Gasteiger partial charge in [0.05, 0.1) is 5.30 Å². The zero-order valence-electron chi connectivity index (χ0n) is 12.9. The van der Waals surface area contributed by atoms with E-state index in [1.54, 1.807) is 30.3 Å². The monoisotopic (exact) mass is 312 g/mol. The first-order chi connectivity index (χ1) is 9.64. The van der Waals surface area contributed by atoms with Crippen LogP contribution in [0.3, 0.4) is 0 Å². The van der Waals surface area contributed by atoms with E-state index in [9.17, 15) is 14.5 Å². The molecule has 0 radical (unpaired) electrons. The summed E-state index contributed by atoms with van der Waals surface area (Å²) < 4.78 is 22.2. The highest BCUT2D eigenvalue weighted by Gasteiger charge is 2.26. The zero-order valence-corrected chi connectivity index (χ0v) is 13.8. The summed E-state index contributed by atoms with van der Waals surface area (Å²) >= 11 is 0. The predicted octanol–water partition coefficient (Wildman–Crippen LogP) is 3.31. The van der Waals surface area contributed by atoms with Gasteiger partial charge in [-0.25, -0.2) is 4.79 Å². The maximum Gasteiger partial charge on any atom is 0.360 e. The first-order valence-electron chi connectivity index (χ1n) is 6.41. The molecule has 0 fully saturated rings. The number of benzene rings is 1. The molecule has 0 bridgehead atoms. The van der Waals surface area contributed by atoms with Gasteiger partial charge in [0.15, 0.2) is 0 Å². The Balaban J connectivity index is 3.34. The Labute approximate surface area is 125 Å². The Hall–Kier alpha value is -1.42. The third kappa shape index (κ3) is 4.27. The van der Waals surface area contributed by atoms with E-state index in [0.717, 1.165) is 0 Å². The number of aliphatic carboxylic acids is 1. The van der Waals surface area contributed by atoms with Gasteiger partial charge in [0.25, 0.3) is 0 Å². The minimum Gasteiger partial charge on any atom is -0.478 e. The van der Waals surface area contributed by atoms with Crippen LogP contribution in [-0.4, -0.2) is 25.3 Å². The molecule has 6 heteroatoms. The second kappa shape index (κ2) is 6.56. The van der Waals surface area contributed by atoms with Crippen molar-refractivity contribution < 1.29 is 23.5 Å². The molecule has 0 aliphatic carbocycles. The molecular formula is C15H21O5P. The Kier molecular flexibility index (Phi) is 5.51. The smallest absolute Gasteiger partial charge is 0.360 e. The maximum atomic E-state index is 12.3. The van der Waals surface area contributed by atoms with Crippen molar-refractivity contribution in [1.82, 2.24) is 0 Å². The van der Waals surface area contributed by atoms with E-state index < -0.39 is 19.0 Å². The number of carboxylic acid groups (broad SMARTS) is 1. The minimum absolute atomic E-state index is 0.268. The largest absolute Gasteiger partial charge is 0.478 e. The van der Waals surface area contributed by atoms with Gasteiger partial charge in [-0.2, -0.15) is 0 Å². The van der Waals surface area contributed by atoms with Crippen molar-refractivity contribution in [3.8, 4) is 0 Å². The quantitative estimate of drug-likeness (QED) is 0.667. The Morgan fingerprint density at radius 1 is 1.24 bits per heavy atom. The summed E-state index contributed by atoms with van der Waals surface area (Å²) in [6.45, 7) is 5.48. The molecule has 0 spiro atoms. The van der Waals surface area contributed by atoms with E-state index in [-0.39, 0.29) is 5.57 Å². The summed E-state index contributed by atoms with van der Waals surface area (Å²) in [5.74, 6) is -0.977. The van der Waals surface area contributed by atoms with E-state index in [4.69, 9.17) is 9.05 Å². The van der Waals surface area contributed by atoms with Crippen LogP contribution in [0.15, 0.2) is 29.8 Å². The average Bonchev–Trinajstić information content (AvgIpc) is 2.42. The van der Waals surface area contributed by atoms with Gasteiger partial charge in [0.1, 0.15) is 0 Å². The molecule has 1 rings (SSSR count). The molecule has 116 valence electrons. The molecule has 0 amide bonds. The summed E-state index contributed by atoms with van der Waals surface area (Å²) in [7, 11) is -0.725. The Bertz CT molecular complexity index is 590. The predicted molar refractivity (Wildman–Crippen MR) is 82.8 cm³/mol. The van der Waals surface area contributed by atoms with Crippen LogP contribution in [0.4, 0.5) is 0 Å². The van der Waals surface area contributed by atoms with Crippen molar-refractivity contribution in [2.75, 3.05) is 14.2 Å². The Morgan fingerprint density at radius 3 is 2.24 bits per heavy atom. The summed E-state index contributed by atoms with van der Waals surface area (Å²) in [6, 6.07) is 6.67. The van der Waals surface area contributed by atoms with E-state index in [1.807, 2.05) is 20.8 Å². The number of hydrogen-bond acceptors (Lipinski definition) is 4. The molecule has 21 heavy (non-hydrogen) atoms. The Morgan fingerprint density at radius 2 is 1.81 bits per heavy atom. The minimum atomic E-state index is -3.34. The summed E-state index contributed by atoms with van der Waals surface area (Å²) in [4.78, 5) is 11.4. The van der Waals surface area contributed by atoms with Crippen molar-refractivity contribution >= 4 is 24.9 Å². The first kappa shape index (κ1) is 17.6. The second-order valence-electron chi connectivity index (χ2n) is 5.57. The first-order valence-corrected chi connectivity index (χ1v) is 7.96. The van der Waals surface area contributed by atoms with Gasteiger partial charge >= 0.3 is 13.6 Å². The van der Waals surface area contributed by atoms with Gasteiger partial charge in [-0.1, -0.05) is 32.9 Å². The van der Waals surface area contributed by atoms with Crippen LogP contribution in [0.25, 0.3) is 6.08 Å². The fraction of sp³-hybridized carbons (Fsp3) is 0.400. The lowest BCUT2D eigenvalue weighted by molar-refractivity contribution is -0.133. The molecule has 0 saturated carbocycles. The molecule has 0 heterocycles. The van der Waals surface area contributed by atoms with Crippen LogP contribution in [0.1, 0.15) is 26.3 Å².